The van der Waals surface area contributed by atoms with Gasteiger partial charge in [0, 0.05) is 31.7 Å². The normalized spacial score (nSPS) is 14.6. The molecule has 1 aliphatic rings. The van der Waals surface area contributed by atoms with Gasteiger partial charge in [-0.15, -0.1) is 10.2 Å². The fourth-order valence-electron chi connectivity index (χ4n) is 2.36. The van der Waals surface area contributed by atoms with Crippen molar-refractivity contribution in [2.45, 2.75) is 37.6 Å². The number of urea groups is 1. The Morgan fingerprint density at radius 1 is 1.14 bits per heavy atom. The number of piperazine rings is 1. The molecule has 1 aromatic rings. The molecule has 2 heterocycles. The van der Waals surface area contributed by atoms with Gasteiger partial charge in [-0.1, -0.05) is 23.1 Å². The van der Waals surface area contributed by atoms with Crippen LogP contribution in [0.25, 0.3) is 0 Å². The van der Waals surface area contributed by atoms with Gasteiger partial charge in [0.2, 0.25) is 11.0 Å². The summed E-state index contributed by atoms with van der Waals surface area (Å²) < 4.78 is 5.57. The maximum atomic E-state index is 12.4. The lowest BCUT2D eigenvalue weighted by Crippen LogP contribution is -2.51. The van der Waals surface area contributed by atoms with Gasteiger partial charge >= 0.3 is 12.1 Å². The second kappa shape index (κ2) is 9.92. The molecule has 1 fully saturated rings. The highest BCUT2D eigenvalue weighted by Crippen LogP contribution is 2.25. The standard InChI is InChI=1S/C16H26N6O4S2/c1-5-26-15(25)22-8-6-21(7-9-22)11(23)10-27-14-20-19-13(28-14)17-12(24)18-16(2,3)4/h5-10H2,1-4H3,(H2,17,18,19,24). The maximum absolute atomic E-state index is 12.4. The van der Waals surface area contributed by atoms with Gasteiger partial charge < -0.3 is 19.9 Å². The third kappa shape index (κ3) is 7.15. The van der Waals surface area contributed by atoms with Crippen LogP contribution < -0.4 is 10.6 Å². The number of carbonyl (C=O) groups is 3. The number of anilines is 1. The van der Waals surface area contributed by atoms with Gasteiger partial charge in [0.15, 0.2) is 4.34 Å². The van der Waals surface area contributed by atoms with Crippen molar-refractivity contribution in [3.63, 3.8) is 0 Å². The summed E-state index contributed by atoms with van der Waals surface area (Å²) >= 11 is 2.49. The number of hydrogen-bond acceptors (Lipinski definition) is 8. The molecule has 2 rings (SSSR count). The number of nitrogens with one attached hydrogen (secondary N) is 2. The Hall–Kier alpha value is -2.08. The maximum Gasteiger partial charge on any atom is 0.409 e. The molecule has 0 radical (unpaired) electrons. The molecule has 1 aromatic heterocycles. The van der Waals surface area contributed by atoms with Crippen LogP contribution in [0.3, 0.4) is 0 Å². The summed E-state index contributed by atoms with van der Waals surface area (Å²) in [7, 11) is 0. The second-order valence-corrected chi connectivity index (χ2v) is 9.26. The lowest BCUT2D eigenvalue weighted by Gasteiger charge is -2.33. The summed E-state index contributed by atoms with van der Waals surface area (Å²) in [6, 6.07) is -0.351. The lowest BCUT2D eigenvalue weighted by atomic mass is 10.1. The average Bonchev–Trinajstić information content (AvgIpc) is 3.05. The zero-order chi connectivity index (χ0) is 20.7. The molecule has 12 heteroatoms. The highest BCUT2D eigenvalue weighted by molar-refractivity contribution is 8.01. The van der Waals surface area contributed by atoms with E-state index in [0.717, 1.165) is 0 Å². The molecular formula is C16H26N6O4S2. The summed E-state index contributed by atoms with van der Waals surface area (Å²) in [6.07, 6.45) is -0.339. The van der Waals surface area contributed by atoms with Crippen LogP contribution in [0.15, 0.2) is 4.34 Å². The first-order valence-electron chi connectivity index (χ1n) is 8.93. The smallest absolute Gasteiger partial charge is 0.409 e. The van der Waals surface area contributed by atoms with E-state index < -0.39 is 0 Å². The van der Waals surface area contributed by atoms with E-state index in [0.29, 0.717) is 42.3 Å². The predicted molar refractivity (Wildman–Crippen MR) is 108 cm³/mol. The summed E-state index contributed by atoms with van der Waals surface area (Å²) in [4.78, 5) is 39.2. The van der Waals surface area contributed by atoms with E-state index in [-0.39, 0.29) is 29.3 Å². The predicted octanol–water partition coefficient (Wildman–Crippen LogP) is 1.85. The van der Waals surface area contributed by atoms with Gasteiger partial charge in [-0.3, -0.25) is 10.1 Å². The van der Waals surface area contributed by atoms with Gasteiger partial charge in [0.1, 0.15) is 0 Å². The number of amides is 4. The number of rotatable bonds is 5. The number of thioether (sulfide) groups is 1. The van der Waals surface area contributed by atoms with Crippen LogP contribution in [-0.2, 0) is 9.53 Å². The molecule has 4 amide bonds. The number of nitrogens with zero attached hydrogens (tertiary/aromatic N) is 4. The molecule has 0 saturated carbocycles. The van der Waals surface area contributed by atoms with Crippen LogP contribution in [0.5, 0.6) is 0 Å². The summed E-state index contributed by atoms with van der Waals surface area (Å²) in [6.45, 7) is 9.63. The number of aromatic nitrogens is 2. The van der Waals surface area contributed by atoms with Crippen LogP contribution in [0, 0.1) is 0 Å². The Labute approximate surface area is 172 Å². The summed E-state index contributed by atoms with van der Waals surface area (Å²) in [5.41, 5.74) is -0.351. The third-order valence-corrected chi connectivity index (χ3v) is 5.55. The summed E-state index contributed by atoms with van der Waals surface area (Å²) in [5, 5.41) is 13.7. The van der Waals surface area contributed by atoms with Gasteiger partial charge in [-0.2, -0.15) is 0 Å². The molecule has 1 aliphatic heterocycles. The Morgan fingerprint density at radius 2 is 1.79 bits per heavy atom. The van der Waals surface area contributed by atoms with Gasteiger partial charge in [0.25, 0.3) is 0 Å². The highest BCUT2D eigenvalue weighted by Gasteiger charge is 2.25. The summed E-state index contributed by atoms with van der Waals surface area (Å²) in [5.74, 6) is 0.200. The van der Waals surface area contributed by atoms with Gasteiger partial charge in [-0.05, 0) is 27.7 Å². The van der Waals surface area contributed by atoms with Crippen molar-refractivity contribution >= 4 is 46.3 Å². The zero-order valence-electron chi connectivity index (χ0n) is 16.5. The first-order valence-corrected chi connectivity index (χ1v) is 10.7. The minimum Gasteiger partial charge on any atom is -0.450 e. The molecule has 1 saturated heterocycles. The minimum absolute atomic E-state index is 0.0244. The van der Waals surface area contributed by atoms with Crippen molar-refractivity contribution in [2.24, 2.45) is 0 Å². The molecule has 28 heavy (non-hydrogen) atoms. The second-order valence-electron chi connectivity index (χ2n) is 7.06. The van der Waals surface area contributed by atoms with Crippen molar-refractivity contribution in [2.75, 3.05) is 43.9 Å². The third-order valence-electron chi connectivity index (χ3n) is 3.59. The monoisotopic (exact) mass is 430 g/mol. The molecule has 2 N–H and O–H groups in total. The van der Waals surface area contributed by atoms with Crippen molar-refractivity contribution in [1.29, 1.82) is 0 Å². The largest absolute Gasteiger partial charge is 0.450 e. The van der Waals surface area contributed by atoms with Crippen molar-refractivity contribution in [3.8, 4) is 0 Å². The average molecular weight is 431 g/mol. The quantitative estimate of drug-likeness (QED) is 0.541. The van der Waals surface area contributed by atoms with Crippen LogP contribution in [-0.4, -0.2) is 82.1 Å². The Balaban J connectivity index is 1.74. The molecule has 0 spiro atoms. The molecule has 0 unspecified atom stereocenters. The van der Waals surface area contributed by atoms with Crippen LogP contribution in [0.4, 0.5) is 14.7 Å². The molecule has 10 nitrogen and oxygen atoms in total. The van der Waals surface area contributed by atoms with Crippen molar-refractivity contribution < 1.29 is 19.1 Å². The minimum atomic E-state index is -0.351. The number of ether oxygens (including phenoxy) is 1. The Kier molecular flexibility index (Phi) is 7.87. The zero-order valence-corrected chi connectivity index (χ0v) is 18.1. The van der Waals surface area contributed by atoms with E-state index >= 15 is 0 Å². The van der Waals surface area contributed by atoms with E-state index in [1.54, 1.807) is 16.7 Å². The lowest BCUT2D eigenvalue weighted by molar-refractivity contribution is -0.129. The SMILES string of the molecule is CCOC(=O)N1CCN(C(=O)CSc2nnc(NC(=O)NC(C)(C)C)s2)CC1. The number of carbonyl (C=O) groups excluding carboxylic acids is 3. The van der Waals surface area contributed by atoms with E-state index in [2.05, 4.69) is 20.8 Å². The van der Waals surface area contributed by atoms with Crippen LogP contribution >= 0.6 is 23.1 Å². The molecule has 0 aromatic carbocycles. The van der Waals surface area contributed by atoms with Crippen LogP contribution in [0.2, 0.25) is 0 Å². The fraction of sp³-hybridized carbons (Fsp3) is 0.688. The number of hydrogen-bond donors (Lipinski definition) is 2. The van der Waals surface area contributed by atoms with E-state index in [1.807, 2.05) is 20.8 Å². The molecule has 0 atom stereocenters. The first-order chi connectivity index (χ1) is 13.2. The van der Waals surface area contributed by atoms with Gasteiger partial charge in [-0.25, -0.2) is 9.59 Å². The fourth-order valence-corrected chi connectivity index (χ4v) is 4.01. The Morgan fingerprint density at radius 3 is 2.39 bits per heavy atom. The van der Waals surface area contributed by atoms with E-state index in [1.165, 1.54) is 23.1 Å². The first kappa shape index (κ1) is 22.2. The van der Waals surface area contributed by atoms with E-state index in [4.69, 9.17) is 4.74 Å². The van der Waals surface area contributed by atoms with Crippen LogP contribution in [0.1, 0.15) is 27.7 Å². The molecular weight excluding hydrogens is 404 g/mol. The molecule has 0 aliphatic carbocycles. The molecule has 156 valence electrons. The van der Waals surface area contributed by atoms with Gasteiger partial charge in [0.05, 0.1) is 12.4 Å². The van der Waals surface area contributed by atoms with E-state index in [9.17, 15) is 14.4 Å². The Bertz CT molecular complexity index is 698. The molecule has 0 bridgehead atoms. The highest BCUT2D eigenvalue weighted by atomic mass is 32.2. The van der Waals surface area contributed by atoms with Crippen molar-refractivity contribution in [3.05, 3.63) is 0 Å². The topological polar surface area (TPSA) is 117 Å². The van der Waals surface area contributed by atoms with Crippen molar-refractivity contribution in [1.82, 2.24) is 25.3 Å².